The van der Waals surface area contributed by atoms with Crippen molar-refractivity contribution in [2.45, 2.75) is 348 Å². The van der Waals surface area contributed by atoms with Crippen LogP contribution < -0.4 is 0 Å². The van der Waals surface area contributed by atoms with E-state index >= 15 is 0 Å². The van der Waals surface area contributed by atoms with Crippen LogP contribution in [0, 0.1) is 0 Å². The first-order valence-corrected chi connectivity index (χ1v) is 36.8. The van der Waals surface area contributed by atoms with Crippen molar-refractivity contribution in [2.75, 3.05) is 39.6 Å². The van der Waals surface area contributed by atoms with Gasteiger partial charge in [0.2, 0.25) is 0 Å². The first kappa shape index (κ1) is 81.1. The van der Waals surface area contributed by atoms with Gasteiger partial charge >= 0.3 is 39.5 Å². The quantitative estimate of drug-likeness (QED) is 0.0222. The van der Waals surface area contributed by atoms with Crippen LogP contribution in [0.1, 0.15) is 329 Å². The number of esters is 4. The molecule has 0 radical (unpaired) electrons. The van der Waals surface area contributed by atoms with Crippen LogP contribution in [0.5, 0.6) is 0 Å². The molecule has 0 saturated heterocycles. The van der Waals surface area contributed by atoms with Crippen LogP contribution in [0.4, 0.5) is 0 Å². The summed E-state index contributed by atoms with van der Waals surface area (Å²) in [4.78, 5) is 71.7. The molecule has 0 aromatic carbocycles. The van der Waals surface area contributed by atoms with Crippen LogP contribution in [0.25, 0.3) is 0 Å². The maximum atomic E-state index is 13.0. The number of ether oxygens (including phenoxy) is 4. The molecule has 0 amide bonds. The predicted molar refractivity (Wildman–Crippen MR) is 331 cm³/mol. The van der Waals surface area contributed by atoms with E-state index in [9.17, 15) is 43.2 Å². The topological polar surface area (TPSA) is 237 Å². The minimum absolute atomic E-state index is 0.0992. The van der Waals surface area contributed by atoms with Crippen LogP contribution in [0.15, 0.2) is 0 Å². The molecule has 17 nitrogen and oxygen atoms in total. The van der Waals surface area contributed by atoms with E-state index in [-0.39, 0.29) is 25.7 Å². The smallest absolute Gasteiger partial charge is 0.462 e. The molecule has 0 aromatic rings. The summed E-state index contributed by atoms with van der Waals surface area (Å²) in [5.74, 6) is -2.15. The highest BCUT2D eigenvalue weighted by Crippen LogP contribution is 2.45. The van der Waals surface area contributed by atoms with E-state index in [0.717, 1.165) is 96.3 Å². The minimum Gasteiger partial charge on any atom is -0.462 e. The summed E-state index contributed by atoms with van der Waals surface area (Å²) in [6.07, 6.45) is 45.3. The van der Waals surface area contributed by atoms with Gasteiger partial charge in [-0.3, -0.25) is 37.3 Å². The summed E-state index contributed by atoms with van der Waals surface area (Å²) in [6, 6.07) is 0. The molecular formula is C64H124O17P2. The Labute approximate surface area is 505 Å². The average molecular weight is 1230 g/mol. The zero-order valence-electron chi connectivity index (χ0n) is 53.2. The molecule has 0 aliphatic rings. The third-order valence-corrected chi connectivity index (χ3v) is 16.8. The maximum Gasteiger partial charge on any atom is 0.472 e. The van der Waals surface area contributed by atoms with Gasteiger partial charge in [0.1, 0.15) is 19.3 Å². The van der Waals surface area contributed by atoms with Gasteiger partial charge in [0, 0.05) is 25.7 Å². The fourth-order valence-electron chi connectivity index (χ4n) is 9.63. The van der Waals surface area contributed by atoms with Crippen molar-refractivity contribution < 1.29 is 80.2 Å². The van der Waals surface area contributed by atoms with E-state index in [1.54, 1.807) is 0 Å². The van der Waals surface area contributed by atoms with Gasteiger partial charge < -0.3 is 33.8 Å². The zero-order chi connectivity index (χ0) is 61.2. The van der Waals surface area contributed by atoms with Crippen LogP contribution in [-0.4, -0.2) is 96.7 Å². The third kappa shape index (κ3) is 58.8. The number of carbonyl (C=O) groups is 4. The van der Waals surface area contributed by atoms with Gasteiger partial charge in [-0.15, -0.1) is 0 Å². The Morgan fingerprint density at radius 2 is 0.482 bits per heavy atom. The standard InChI is InChI=1S/C64H124O17P2/c1-5-9-13-17-19-21-23-25-27-29-31-33-35-37-39-43-47-51-64(69)81-60(55-75-62(67)49-45-42-38-36-34-32-30-28-26-24-22-20-18-14-10-6-2)57-79-83(72,73)77-53-58(65)52-76-82(70,71)78-56-59(80-63(68)50-46-41-16-12-8-4)54-74-61(66)48-44-40-15-11-7-3/h58-60,65H,5-57H2,1-4H3,(H,70,71)(H,72,73)/t58-,59+,60+/m0/s1. The molecule has 0 rings (SSSR count). The van der Waals surface area contributed by atoms with E-state index in [2.05, 4.69) is 27.7 Å². The fourth-order valence-corrected chi connectivity index (χ4v) is 11.2. The second kappa shape index (κ2) is 59.0. The number of phosphoric ester groups is 2. The van der Waals surface area contributed by atoms with Gasteiger partial charge in [0.05, 0.1) is 26.4 Å². The van der Waals surface area contributed by atoms with Gasteiger partial charge in [-0.2, -0.15) is 0 Å². The fraction of sp³-hybridized carbons (Fsp3) is 0.938. The van der Waals surface area contributed by atoms with E-state index < -0.39 is 97.5 Å². The van der Waals surface area contributed by atoms with Gasteiger partial charge in [-0.05, 0) is 25.7 Å². The molecule has 0 spiro atoms. The molecule has 0 heterocycles. The number of aliphatic hydroxyl groups is 1. The Bertz CT molecular complexity index is 1600. The van der Waals surface area contributed by atoms with E-state index in [1.165, 1.54) is 154 Å². The van der Waals surface area contributed by atoms with Gasteiger partial charge in [-0.1, -0.05) is 278 Å². The number of carbonyl (C=O) groups excluding carboxylic acids is 4. The largest absolute Gasteiger partial charge is 0.472 e. The summed E-state index contributed by atoms with van der Waals surface area (Å²) in [5, 5.41) is 10.5. The van der Waals surface area contributed by atoms with Crippen LogP contribution in [0.3, 0.4) is 0 Å². The Morgan fingerprint density at radius 3 is 0.711 bits per heavy atom. The maximum absolute atomic E-state index is 13.0. The summed E-state index contributed by atoms with van der Waals surface area (Å²) >= 11 is 0. The molecule has 0 aliphatic carbocycles. The molecule has 0 bridgehead atoms. The number of hydrogen-bond donors (Lipinski definition) is 3. The summed E-state index contributed by atoms with van der Waals surface area (Å²) in [7, 11) is -9.86. The lowest BCUT2D eigenvalue weighted by Gasteiger charge is -2.21. The molecular weight excluding hydrogens is 1100 g/mol. The molecule has 0 fully saturated rings. The number of aliphatic hydroxyl groups excluding tert-OH is 1. The van der Waals surface area contributed by atoms with Crippen molar-refractivity contribution >= 4 is 39.5 Å². The molecule has 0 aliphatic heterocycles. The van der Waals surface area contributed by atoms with Crippen LogP contribution in [-0.2, 0) is 65.4 Å². The normalized spacial score (nSPS) is 14.2. The predicted octanol–water partition coefficient (Wildman–Crippen LogP) is 17.9. The molecule has 19 heteroatoms. The minimum atomic E-state index is -4.94. The van der Waals surface area contributed by atoms with Crippen molar-refractivity contribution in [3.05, 3.63) is 0 Å². The monoisotopic (exact) mass is 1230 g/mol. The highest BCUT2D eigenvalue weighted by Gasteiger charge is 2.30. The lowest BCUT2D eigenvalue weighted by molar-refractivity contribution is -0.161. The molecule has 2 unspecified atom stereocenters. The number of unbranched alkanes of at least 4 members (excludes halogenated alkanes) is 39. The first-order chi connectivity index (χ1) is 40.2. The highest BCUT2D eigenvalue weighted by molar-refractivity contribution is 7.47. The van der Waals surface area contributed by atoms with Crippen molar-refractivity contribution in [3.63, 3.8) is 0 Å². The second-order valence-corrected chi connectivity index (χ2v) is 26.1. The summed E-state index contributed by atoms with van der Waals surface area (Å²) in [6.45, 7) is 4.72. The average Bonchev–Trinajstić information content (AvgIpc) is 3.47. The summed E-state index contributed by atoms with van der Waals surface area (Å²) in [5.41, 5.74) is 0. The van der Waals surface area contributed by atoms with Gasteiger partial charge in [0.15, 0.2) is 12.2 Å². The van der Waals surface area contributed by atoms with Gasteiger partial charge in [-0.25, -0.2) is 9.13 Å². The van der Waals surface area contributed by atoms with Crippen molar-refractivity contribution in [1.29, 1.82) is 0 Å². The molecule has 5 atom stereocenters. The molecule has 0 saturated carbocycles. The molecule has 0 aromatic heterocycles. The lowest BCUT2D eigenvalue weighted by atomic mass is 10.0. The summed E-state index contributed by atoms with van der Waals surface area (Å²) < 4.78 is 67.6. The van der Waals surface area contributed by atoms with Crippen molar-refractivity contribution in [1.82, 2.24) is 0 Å². The number of phosphoric acid groups is 2. The van der Waals surface area contributed by atoms with Crippen molar-refractivity contribution in [2.24, 2.45) is 0 Å². The SMILES string of the molecule is CCCCCCCCCCCCCCCCCCCC(=O)O[C@H](COC(=O)CCCCCCCCCCCCCCCCCC)COP(=O)(O)OC[C@@H](O)COP(=O)(O)OC[C@@H](COC(=O)CCCCCCC)OC(=O)CCCCCCC. The number of rotatable bonds is 65. The van der Waals surface area contributed by atoms with Gasteiger partial charge in [0.25, 0.3) is 0 Å². The van der Waals surface area contributed by atoms with Crippen LogP contribution >= 0.6 is 15.6 Å². The first-order valence-electron chi connectivity index (χ1n) is 33.8. The number of hydrogen-bond acceptors (Lipinski definition) is 15. The highest BCUT2D eigenvalue weighted by atomic mass is 31.2. The van der Waals surface area contributed by atoms with Crippen LogP contribution in [0.2, 0.25) is 0 Å². The zero-order valence-corrected chi connectivity index (χ0v) is 54.9. The molecule has 492 valence electrons. The van der Waals surface area contributed by atoms with Crippen molar-refractivity contribution in [3.8, 4) is 0 Å². The molecule has 83 heavy (non-hydrogen) atoms. The lowest BCUT2D eigenvalue weighted by Crippen LogP contribution is -2.30. The van der Waals surface area contributed by atoms with E-state index in [1.807, 2.05) is 0 Å². The Balaban J connectivity index is 5.08. The van der Waals surface area contributed by atoms with E-state index in [4.69, 9.17) is 37.0 Å². The molecule has 3 N–H and O–H groups in total. The third-order valence-electron chi connectivity index (χ3n) is 14.9. The Kier molecular flexibility index (Phi) is 57.7. The second-order valence-electron chi connectivity index (χ2n) is 23.2. The Hall–Kier alpha value is -1.94. The Morgan fingerprint density at radius 1 is 0.289 bits per heavy atom. The van der Waals surface area contributed by atoms with E-state index in [0.29, 0.717) is 25.7 Å².